The van der Waals surface area contributed by atoms with Crippen molar-refractivity contribution in [1.82, 2.24) is 4.90 Å². The first-order valence-corrected chi connectivity index (χ1v) is 12.3. The number of rotatable bonds is 2. The first-order chi connectivity index (χ1) is 10.1. The van der Waals surface area contributed by atoms with E-state index in [4.69, 9.17) is 4.98 Å². The number of fused-ring (bicyclic) bond motifs is 3. The fourth-order valence-electron chi connectivity index (χ4n) is 6.09. The normalized spacial score (nSPS) is 32.8. The molecule has 26 heavy (non-hydrogen) atoms. The predicted molar refractivity (Wildman–Crippen MR) is 118 cm³/mol. The quantitative estimate of drug-likeness (QED) is 0.363. The topological polar surface area (TPSA) is 17.3 Å². The van der Waals surface area contributed by atoms with Crippen LogP contribution in [0.5, 0.6) is 0 Å². The van der Waals surface area contributed by atoms with Crippen LogP contribution < -0.4 is 0 Å². The molecule has 0 aromatic heterocycles. The molecule has 2 fully saturated rings. The van der Waals surface area contributed by atoms with Crippen molar-refractivity contribution in [3.05, 3.63) is 39.0 Å². The number of hydrogen-bond donors (Lipinski definition) is 0. The molecule has 3 aliphatic rings. The molecule has 0 N–H and O–H groups in total. The molecule has 5 unspecified atom stereocenters. The second-order valence-corrected chi connectivity index (χ2v) is 13.8. The van der Waals surface area contributed by atoms with Crippen LogP contribution in [0.2, 0.25) is 18.6 Å². The minimum Gasteiger partial charge on any atom is -0.660 e. The van der Waals surface area contributed by atoms with Gasteiger partial charge in [-0.1, -0.05) is 67.4 Å². The van der Waals surface area contributed by atoms with E-state index in [1.165, 1.54) is 31.4 Å². The van der Waals surface area contributed by atoms with E-state index >= 15 is 0 Å². The minimum atomic E-state index is -1.62. The zero-order valence-electron chi connectivity index (χ0n) is 19.2. The van der Waals surface area contributed by atoms with E-state index in [1.807, 2.05) is 0 Å². The SMILES string of the molecule is CC1=CC2C3CCCCC3C([Si](C)(C)[N-]C(C)(C)C)C2N1C.[CH3-].[CH3-].[CH3-].[Ti+4]. The van der Waals surface area contributed by atoms with E-state index in [1.54, 1.807) is 0 Å². The summed E-state index contributed by atoms with van der Waals surface area (Å²) in [6.45, 7) is 14.2. The summed E-state index contributed by atoms with van der Waals surface area (Å²) in [5.41, 5.74) is 2.45. The third kappa shape index (κ3) is 5.07. The van der Waals surface area contributed by atoms with Gasteiger partial charge in [-0.15, -0.1) is 5.54 Å². The van der Waals surface area contributed by atoms with Gasteiger partial charge in [0.05, 0.1) is 0 Å². The first-order valence-electron chi connectivity index (χ1n) is 9.27. The molecule has 2 aliphatic carbocycles. The Morgan fingerprint density at radius 1 is 1.04 bits per heavy atom. The number of hydrogen-bond acceptors (Lipinski definition) is 1. The number of nitrogens with zero attached hydrogens (tertiary/aromatic N) is 2. The zero-order valence-corrected chi connectivity index (χ0v) is 21.7. The van der Waals surface area contributed by atoms with Crippen molar-refractivity contribution in [2.24, 2.45) is 17.8 Å². The molecule has 4 heteroatoms. The fourth-order valence-corrected chi connectivity index (χ4v) is 10.7. The van der Waals surface area contributed by atoms with Crippen LogP contribution >= 0.6 is 0 Å². The first kappa shape index (κ1) is 28.6. The van der Waals surface area contributed by atoms with Gasteiger partial charge in [-0.2, -0.15) is 0 Å². The molecule has 150 valence electrons. The van der Waals surface area contributed by atoms with Crippen molar-refractivity contribution in [2.45, 2.75) is 83.6 Å². The van der Waals surface area contributed by atoms with Gasteiger partial charge in [-0.3, -0.25) is 0 Å². The molecule has 2 saturated carbocycles. The molecular weight excluding hydrogens is 368 g/mol. The molecule has 1 aliphatic heterocycles. The Labute approximate surface area is 181 Å². The van der Waals surface area contributed by atoms with Gasteiger partial charge in [-0.05, 0) is 30.7 Å². The molecule has 0 aromatic rings. The molecule has 3 rings (SSSR count). The van der Waals surface area contributed by atoms with Crippen molar-refractivity contribution in [3.8, 4) is 0 Å². The van der Waals surface area contributed by atoms with Gasteiger partial charge < -0.3 is 32.2 Å². The Balaban J connectivity index is 0. The fraction of sp³-hybridized carbons (Fsp3) is 0.773. The zero-order chi connectivity index (χ0) is 16.3. The van der Waals surface area contributed by atoms with Crippen LogP contribution in [0, 0.1) is 40.0 Å². The predicted octanol–water partition coefficient (Wildman–Crippen LogP) is 6.74. The maximum atomic E-state index is 5.42. The van der Waals surface area contributed by atoms with Gasteiger partial charge in [0.15, 0.2) is 0 Å². The van der Waals surface area contributed by atoms with E-state index in [0.717, 1.165) is 29.3 Å². The van der Waals surface area contributed by atoms with Crippen LogP contribution in [0.25, 0.3) is 4.98 Å². The van der Waals surface area contributed by atoms with Gasteiger partial charge >= 0.3 is 21.7 Å². The van der Waals surface area contributed by atoms with E-state index in [2.05, 4.69) is 58.8 Å². The van der Waals surface area contributed by atoms with Crippen molar-refractivity contribution in [3.63, 3.8) is 0 Å². The summed E-state index contributed by atoms with van der Waals surface area (Å²) in [5, 5.41) is 0. The van der Waals surface area contributed by atoms with Crippen LogP contribution in [0.1, 0.15) is 53.4 Å². The Morgan fingerprint density at radius 3 is 2.04 bits per heavy atom. The second-order valence-electron chi connectivity index (χ2n) is 9.56. The Hall–Kier alpha value is 0.431. The van der Waals surface area contributed by atoms with E-state index in [0.29, 0.717) is 0 Å². The largest absolute Gasteiger partial charge is 4.00 e. The minimum absolute atomic E-state index is 0. The van der Waals surface area contributed by atoms with E-state index in [9.17, 15) is 0 Å². The smallest absolute Gasteiger partial charge is 0.660 e. The van der Waals surface area contributed by atoms with Crippen molar-refractivity contribution in [2.75, 3.05) is 7.05 Å². The average Bonchev–Trinajstić information content (AvgIpc) is 2.83. The summed E-state index contributed by atoms with van der Waals surface area (Å²) in [6.07, 6.45) is 8.42. The molecule has 0 aromatic carbocycles. The molecule has 0 saturated heterocycles. The molecule has 0 spiro atoms. The standard InChI is InChI=1S/C19H35N2Si.3CH3.Ti/c1-13-12-16-14-10-8-9-11-15(14)18(17(16)21(13)5)22(6,7)20-19(2,3)4;;;;/h12,14-18H,8-11H2,1-7H3;3*1H3;/q4*-1;+4. The van der Waals surface area contributed by atoms with Crippen LogP contribution in [0.3, 0.4) is 0 Å². The summed E-state index contributed by atoms with van der Waals surface area (Å²) in [6, 6.07) is 0.737. The van der Waals surface area contributed by atoms with Gasteiger partial charge in [0.2, 0.25) is 0 Å². The van der Waals surface area contributed by atoms with E-state index < -0.39 is 8.24 Å². The summed E-state index contributed by atoms with van der Waals surface area (Å²) >= 11 is 0. The van der Waals surface area contributed by atoms with Crippen LogP contribution in [0.15, 0.2) is 11.8 Å². The molecular formula is C22H44N2SiTi. The van der Waals surface area contributed by atoms with Crippen molar-refractivity contribution in [1.29, 1.82) is 0 Å². The average molecular weight is 413 g/mol. The molecule has 0 bridgehead atoms. The summed E-state index contributed by atoms with van der Waals surface area (Å²) < 4.78 is 0. The number of allylic oxidation sites excluding steroid dienone is 1. The van der Waals surface area contributed by atoms with E-state index in [-0.39, 0.29) is 49.5 Å². The second kappa shape index (κ2) is 9.76. The Kier molecular flexibility index (Phi) is 10.8. The van der Waals surface area contributed by atoms with Gasteiger partial charge in [0.1, 0.15) is 0 Å². The molecule has 1 heterocycles. The molecule has 2 nitrogen and oxygen atoms in total. The Bertz CT molecular complexity index is 469. The van der Waals surface area contributed by atoms with Crippen LogP contribution in [-0.4, -0.2) is 31.8 Å². The Morgan fingerprint density at radius 2 is 1.54 bits per heavy atom. The van der Waals surface area contributed by atoms with Crippen LogP contribution in [-0.2, 0) is 21.7 Å². The maximum Gasteiger partial charge on any atom is 4.00 e. The molecule has 0 radical (unpaired) electrons. The molecule has 0 amide bonds. The molecule has 5 atom stereocenters. The summed E-state index contributed by atoms with van der Waals surface area (Å²) in [4.78, 5) is 8.03. The maximum absolute atomic E-state index is 5.42. The van der Waals surface area contributed by atoms with Gasteiger partial charge in [-0.25, -0.2) is 0 Å². The van der Waals surface area contributed by atoms with Crippen molar-refractivity contribution < 1.29 is 21.7 Å². The third-order valence-electron chi connectivity index (χ3n) is 6.47. The van der Waals surface area contributed by atoms with Crippen molar-refractivity contribution >= 4 is 8.24 Å². The third-order valence-corrected chi connectivity index (χ3v) is 10.1. The van der Waals surface area contributed by atoms with Gasteiger partial charge in [0.25, 0.3) is 0 Å². The van der Waals surface area contributed by atoms with Crippen LogP contribution in [0.4, 0.5) is 0 Å². The van der Waals surface area contributed by atoms with Gasteiger partial charge in [0, 0.05) is 24.7 Å². The summed E-state index contributed by atoms with van der Waals surface area (Å²) in [5.74, 6) is 2.68. The monoisotopic (exact) mass is 412 g/mol. The summed E-state index contributed by atoms with van der Waals surface area (Å²) in [7, 11) is 0.715.